The van der Waals surface area contributed by atoms with E-state index in [9.17, 15) is 9.59 Å². The van der Waals surface area contributed by atoms with E-state index in [1.165, 1.54) is 0 Å². The normalized spacial score (nSPS) is 14.6. The second-order valence-corrected chi connectivity index (χ2v) is 3.43. The van der Waals surface area contributed by atoms with Crippen molar-refractivity contribution < 1.29 is 14.3 Å². The first kappa shape index (κ1) is 11.2. The predicted molar refractivity (Wildman–Crippen MR) is 62.3 cm³/mol. The third kappa shape index (κ3) is 1.98. The van der Waals surface area contributed by atoms with Gasteiger partial charge in [-0.25, -0.2) is 4.79 Å². The van der Waals surface area contributed by atoms with E-state index in [-0.39, 0.29) is 11.3 Å². The molecule has 0 radical (unpaired) electrons. The molecule has 0 saturated heterocycles. The van der Waals surface area contributed by atoms with Gasteiger partial charge in [-0.15, -0.1) is 0 Å². The van der Waals surface area contributed by atoms with E-state index in [1.54, 1.807) is 12.9 Å². The summed E-state index contributed by atoms with van der Waals surface area (Å²) in [4.78, 5) is 22.3. The molecule has 0 atom stereocenters. The van der Waals surface area contributed by atoms with Crippen molar-refractivity contribution in [2.45, 2.75) is 6.92 Å². The molecule has 1 aliphatic heterocycles. The van der Waals surface area contributed by atoms with Gasteiger partial charge in [0.15, 0.2) is 11.3 Å². The number of nitrogens with one attached hydrogen (secondary N) is 1. The first-order chi connectivity index (χ1) is 8.27. The molecule has 0 unspecified atom stereocenters. The van der Waals surface area contributed by atoms with Gasteiger partial charge in [-0.05, 0) is 6.92 Å². The van der Waals surface area contributed by atoms with Gasteiger partial charge in [-0.1, -0.05) is 30.3 Å². The number of ether oxygens (including phenoxy) is 1. The summed E-state index contributed by atoms with van der Waals surface area (Å²) in [5.41, 5.74) is 1.25. The van der Waals surface area contributed by atoms with Crippen molar-refractivity contribution in [3.63, 3.8) is 0 Å². The van der Waals surface area contributed by atoms with Gasteiger partial charge in [0.25, 0.3) is 5.91 Å². The quantitative estimate of drug-likeness (QED) is 0.627. The maximum atomic E-state index is 11.5. The second-order valence-electron chi connectivity index (χ2n) is 3.43. The van der Waals surface area contributed by atoms with Gasteiger partial charge in [0.05, 0.1) is 12.3 Å². The second kappa shape index (κ2) is 4.68. The van der Waals surface area contributed by atoms with Crippen LogP contribution in [0.1, 0.15) is 12.5 Å². The summed E-state index contributed by atoms with van der Waals surface area (Å²) >= 11 is 0. The van der Waals surface area contributed by atoms with Crippen molar-refractivity contribution in [1.29, 1.82) is 0 Å². The molecule has 0 fully saturated rings. The molecule has 2 rings (SSSR count). The number of carbonyl (C=O) groups excluding carboxylic acids is 2. The number of hydrogen-bond acceptors (Lipinski definition) is 3. The van der Waals surface area contributed by atoms with E-state index in [1.807, 2.05) is 30.3 Å². The van der Waals surface area contributed by atoms with Gasteiger partial charge in [-0.3, -0.25) is 4.79 Å². The molecule has 1 N–H and O–H groups in total. The van der Waals surface area contributed by atoms with Gasteiger partial charge < -0.3 is 10.1 Å². The molecule has 0 spiro atoms. The Labute approximate surface area is 98.6 Å². The Kier molecular flexibility index (Phi) is 3.08. The van der Waals surface area contributed by atoms with E-state index in [4.69, 9.17) is 4.74 Å². The van der Waals surface area contributed by atoms with Gasteiger partial charge >= 0.3 is 0 Å². The maximum Gasteiger partial charge on any atom is 0.270 e. The Morgan fingerprint density at radius 1 is 1.29 bits per heavy atom. The van der Waals surface area contributed by atoms with Crippen molar-refractivity contribution in [1.82, 2.24) is 5.32 Å². The first-order valence-electron chi connectivity index (χ1n) is 5.27. The number of amides is 1. The standard InChI is InChI=1S/C13H11NO3/c1-2-17-12-10(8-15)13(16)14-11(12)9-6-4-3-5-7-9/h3-7H,2H2,1H3,(H,14,16). The van der Waals surface area contributed by atoms with Crippen molar-refractivity contribution in [3.8, 4) is 0 Å². The number of hydrogen-bond donors (Lipinski definition) is 1. The van der Waals surface area contributed by atoms with Crippen LogP contribution in [0, 0.1) is 0 Å². The lowest BCUT2D eigenvalue weighted by atomic mass is 10.1. The topological polar surface area (TPSA) is 55.4 Å². The van der Waals surface area contributed by atoms with Crippen LogP contribution in [-0.2, 0) is 14.3 Å². The minimum atomic E-state index is -0.470. The highest BCUT2D eigenvalue weighted by Gasteiger charge is 2.30. The molecule has 1 heterocycles. The maximum absolute atomic E-state index is 11.5. The Morgan fingerprint density at radius 3 is 2.59 bits per heavy atom. The Bertz CT molecular complexity index is 525. The van der Waals surface area contributed by atoms with E-state index in [0.717, 1.165) is 5.56 Å². The molecule has 1 aromatic carbocycles. The lowest BCUT2D eigenvalue weighted by Gasteiger charge is -2.06. The van der Waals surface area contributed by atoms with Crippen molar-refractivity contribution in [3.05, 3.63) is 47.2 Å². The molecule has 4 heteroatoms. The van der Waals surface area contributed by atoms with Crippen LogP contribution in [0.25, 0.3) is 5.70 Å². The van der Waals surface area contributed by atoms with Crippen LogP contribution < -0.4 is 5.32 Å². The lowest BCUT2D eigenvalue weighted by Crippen LogP contribution is -2.15. The zero-order valence-electron chi connectivity index (χ0n) is 9.32. The third-order valence-electron chi connectivity index (χ3n) is 2.37. The Hall–Kier alpha value is -2.32. The summed E-state index contributed by atoms with van der Waals surface area (Å²) in [5.74, 6) is 1.43. The van der Waals surface area contributed by atoms with Crippen LogP contribution in [0.4, 0.5) is 0 Å². The molecular weight excluding hydrogens is 218 g/mol. The van der Waals surface area contributed by atoms with Gasteiger partial charge in [0.1, 0.15) is 5.94 Å². The van der Waals surface area contributed by atoms with Crippen molar-refractivity contribution in [2.24, 2.45) is 0 Å². The number of benzene rings is 1. The van der Waals surface area contributed by atoms with Crippen LogP contribution in [-0.4, -0.2) is 18.5 Å². The molecule has 0 aliphatic carbocycles. The van der Waals surface area contributed by atoms with Crippen molar-refractivity contribution >= 4 is 17.5 Å². The van der Waals surface area contributed by atoms with E-state index in [2.05, 4.69) is 5.32 Å². The minimum absolute atomic E-state index is 0.0781. The fraction of sp³-hybridized carbons (Fsp3) is 0.154. The predicted octanol–water partition coefficient (Wildman–Crippen LogP) is 1.28. The molecule has 1 aliphatic rings. The molecular formula is C13H11NO3. The molecule has 0 aromatic heterocycles. The highest BCUT2D eigenvalue weighted by molar-refractivity contribution is 6.14. The molecule has 1 aromatic rings. The molecule has 4 nitrogen and oxygen atoms in total. The van der Waals surface area contributed by atoms with E-state index < -0.39 is 5.91 Å². The van der Waals surface area contributed by atoms with Crippen LogP contribution in [0.5, 0.6) is 0 Å². The largest absolute Gasteiger partial charge is 0.490 e. The Morgan fingerprint density at radius 2 is 2.00 bits per heavy atom. The molecule has 0 saturated carbocycles. The van der Waals surface area contributed by atoms with Gasteiger partial charge in [0, 0.05) is 5.56 Å². The summed E-state index contributed by atoms with van der Waals surface area (Å²) in [5, 5.41) is 2.62. The third-order valence-corrected chi connectivity index (χ3v) is 2.37. The molecule has 0 bridgehead atoms. The van der Waals surface area contributed by atoms with Gasteiger partial charge in [-0.2, -0.15) is 0 Å². The SMILES string of the molecule is CCOC1=C(c2ccccc2)NC(=O)C1=C=O. The van der Waals surface area contributed by atoms with Crippen LogP contribution in [0.3, 0.4) is 0 Å². The average molecular weight is 229 g/mol. The van der Waals surface area contributed by atoms with Crippen molar-refractivity contribution in [2.75, 3.05) is 6.61 Å². The summed E-state index contributed by atoms with van der Waals surface area (Å²) in [6.07, 6.45) is 0. The summed E-state index contributed by atoms with van der Waals surface area (Å²) in [6.45, 7) is 2.17. The zero-order valence-corrected chi connectivity index (χ0v) is 9.32. The number of carbonyl (C=O) groups is 1. The highest BCUT2D eigenvalue weighted by Crippen LogP contribution is 2.27. The smallest absolute Gasteiger partial charge is 0.270 e. The van der Waals surface area contributed by atoms with E-state index in [0.29, 0.717) is 12.3 Å². The fourth-order valence-electron chi connectivity index (χ4n) is 1.65. The monoisotopic (exact) mass is 229 g/mol. The molecule has 17 heavy (non-hydrogen) atoms. The summed E-state index contributed by atoms with van der Waals surface area (Å²) in [6, 6.07) is 9.24. The summed E-state index contributed by atoms with van der Waals surface area (Å²) in [7, 11) is 0. The van der Waals surface area contributed by atoms with Crippen LogP contribution >= 0.6 is 0 Å². The Balaban J connectivity index is 2.53. The van der Waals surface area contributed by atoms with Gasteiger partial charge in [0.2, 0.25) is 0 Å². The van der Waals surface area contributed by atoms with Crippen LogP contribution in [0.2, 0.25) is 0 Å². The minimum Gasteiger partial charge on any atom is -0.490 e. The van der Waals surface area contributed by atoms with Crippen LogP contribution in [0.15, 0.2) is 41.7 Å². The lowest BCUT2D eigenvalue weighted by molar-refractivity contribution is -0.115. The first-order valence-corrected chi connectivity index (χ1v) is 5.27. The highest BCUT2D eigenvalue weighted by atomic mass is 16.5. The fourth-order valence-corrected chi connectivity index (χ4v) is 1.65. The average Bonchev–Trinajstić information content (AvgIpc) is 2.67. The molecule has 86 valence electrons. The molecule has 1 amide bonds. The number of rotatable bonds is 3. The summed E-state index contributed by atoms with van der Waals surface area (Å²) < 4.78 is 5.34. The van der Waals surface area contributed by atoms with E-state index >= 15 is 0 Å². The zero-order chi connectivity index (χ0) is 12.3.